The monoisotopic (exact) mass is 360 g/mol. The van der Waals surface area contributed by atoms with Crippen LogP contribution in [0.3, 0.4) is 0 Å². The third kappa shape index (κ3) is 4.13. The van der Waals surface area contributed by atoms with Crippen LogP contribution in [0.25, 0.3) is 0 Å². The molecule has 0 fully saturated rings. The maximum absolute atomic E-state index is 5.60. The zero-order chi connectivity index (χ0) is 15.9. The molecule has 22 heavy (non-hydrogen) atoms. The summed E-state index contributed by atoms with van der Waals surface area (Å²) in [6.07, 6.45) is 11.3. The number of hydrogen-bond acceptors (Lipinski definition) is 1. The molecule has 1 aromatic carbocycles. The SMILES string of the molecule is CCCC1=CC(OC)=C[C@H](c2ccccc2Br)C(CCC)=C1. The minimum Gasteiger partial charge on any atom is -0.497 e. The molecule has 1 atom stereocenters. The zero-order valence-corrected chi connectivity index (χ0v) is 15.3. The van der Waals surface area contributed by atoms with E-state index in [0.717, 1.165) is 35.9 Å². The van der Waals surface area contributed by atoms with Crippen LogP contribution in [-0.2, 0) is 4.74 Å². The van der Waals surface area contributed by atoms with E-state index in [-0.39, 0.29) is 5.92 Å². The Labute approximate surface area is 142 Å². The van der Waals surface area contributed by atoms with Gasteiger partial charge in [-0.15, -0.1) is 0 Å². The summed E-state index contributed by atoms with van der Waals surface area (Å²) in [5.41, 5.74) is 4.15. The van der Waals surface area contributed by atoms with E-state index in [9.17, 15) is 0 Å². The zero-order valence-electron chi connectivity index (χ0n) is 13.7. The molecule has 2 rings (SSSR count). The van der Waals surface area contributed by atoms with Gasteiger partial charge in [0.15, 0.2) is 0 Å². The summed E-state index contributed by atoms with van der Waals surface area (Å²) >= 11 is 3.71. The fourth-order valence-corrected chi connectivity index (χ4v) is 3.50. The van der Waals surface area contributed by atoms with Crippen LogP contribution in [0.5, 0.6) is 0 Å². The standard InChI is InChI=1S/C20H25BrO/c1-4-8-15-12-16(9-5-2)19(14-17(13-15)22-3)18-10-6-7-11-20(18)21/h6-7,10-14,19H,4-5,8-9H2,1-3H3/t19-/m0/s1. The van der Waals surface area contributed by atoms with Gasteiger partial charge in [0.05, 0.1) is 7.11 Å². The van der Waals surface area contributed by atoms with Gasteiger partial charge in [0, 0.05) is 10.4 Å². The highest BCUT2D eigenvalue weighted by Crippen LogP contribution is 2.37. The van der Waals surface area contributed by atoms with E-state index in [1.807, 2.05) is 0 Å². The van der Waals surface area contributed by atoms with Crippen molar-refractivity contribution in [2.75, 3.05) is 7.11 Å². The maximum Gasteiger partial charge on any atom is 0.116 e. The largest absolute Gasteiger partial charge is 0.497 e. The van der Waals surface area contributed by atoms with Gasteiger partial charge >= 0.3 is 0 Å². The Morgan fingerprint density at radius 1 is 1.05 bits per heavy atom. The second-order valence-electron chi connectivity index (χ2n) is 5.71. The van der Waals surface area contributed by atoms with E-state index in [1.165, 1.54) is 16.7 Å². The van der Waals surface area contributed by atoms with E-state index >= 15 is 0 Å². The van der Waals surface area contributed by atoms with Crippen LogP contribution < -0.4 is 0 Å². The van der Waals surface area contributed by atoms with E-state index < -0.39 is 0 Å². The quantitative estimate of drug-likeness (QED) is 0.560. The molecule has 0 spiro atoms. The van der Waals surface area contributed by atoms with Gasteiger partial charge in [-0.3, -0.25) is 0 Å². The van der Waals surface area contributed by atoms with Crippen LogP contribution in [0.15, 0.2) is 63.9 Å². The Bertz CT molecular complexity index is 595. The number of benzene rings is 1. The highest BCUT2D eigenvalue weighted by atomic mass is 79.9. The van der Waals surface area contributed by atoms with Crippen molar-refractivity contribution in [1.82, 2.24) is 0 Å². The number of hydrogen-bond donors (Lipinski definition) is 0. The Morgan fingerprint density at radius 3 is 2.41 bits per heavy atom. The second-order valence-corrected chi connectivity index (χ2v) is 6.57. The van der Waals surface area contributed by atoms with Gasteiger partial charge in [-0.1, -0.05) is 72.5 Å². The molecule has 0 N–H and O–H groups in total. The van der Waals surface area contributed by atoms with Crippen molar-refractivity contribution >= 4 is 15.9 Å². The highest BCUT2D eigenvalue weighted by molar-refractivity contribution is 9.10. The summed E-state index contributed by atoms with van der Waals surface area (Å²) in [5, 5.41) is 0. The fourth-order valence-electron chi connectivity index (χ4n) is 2.96. The van der Waals surface area contributed by atoms with Crippen molar-refractivity contribution in [2.45, 2.75) is 45.4 Å². The molecule has 1 aromatic rings. The smallest absolute Gasteiger partial charge is 0.116 e. The lowest BCUT2D eigenvalue weighted by Crippen LogP contribution is -2.02. The minimum absolute atomic E-state index is 0.274. The van der Waals surface area contributed by atoms with E-state index in [4.69, 9.17) is 4.74 Å². The van der Waals surface area contributed by atoms with Gasteiger partial charge < -0.3 is 4.74 Å². The average molecular weight is 361 g/mol. The Hall–Kier alpha value is -1.28. The van der Waals surface area contributed by atoms with Gasteiger partial charge in [-0.05, 0) is 42.2 Å². The lowest BCUT2D eigenvalue weighted by molar-refractivity contribution is 0.304. The van der Waals surface area contributed by atoms with Crippen molar-refractivity contribution in [2.24, 2.45) is 0 Å². The van der Waals surface area contributed by atoms with Crippen LogP contribution >= 0.6 is 15.9 Å². The first-order chi connectivity index (χ1) is 10.7. The third-order valence-corrected chi connectivity index (χ3v) is 4.70. The van der Waals surface area contributed by atoms with Crippen molar-refractivity contribution in [3.63, 3.8) is 0 Å². The van der Waals surface area contributed by atoms with Crippen molar-refractivity contribution in [3.05, 3.63) is 69.4 Å². The van der Waals surface area contributed by atoms with Crippen LogP contribution in [0.1, 0.15) is 51.0 Å². The lowest BCUT2D eigenvalue weighted by atomic mass is 9.87. The molecule has 0 radical (unpaired) electrons. The molecule has 0 aromatic heterocycles. The summed E-state index contributed by atoms with van der Waals surface area (Å²) in [7, 11) is 1.76. The molecule has 2 heteroatoms. The van der Waals surface area contributed by atoms with E-state index in [1.54, 1.807) is 7.11 Å². The molecule has 1 nitrogen and oxygen atoms in total. The summed E-state index contributed by atoms with van der Waals surface area (Å²) in [6, 6.07) is 8.49. The van der Waals surface area contributed by atoms with Crippen LogP contribution in [-0.4, -0.2) is 7.11 Å². The second kappa shape index (κ2) is 8.38. The predicted octanol–water partition coefficient (Wildman–Crippen LogP) is 6.53. The van der Waals surface area contributed by atoms with E-state index in [0.29, 0.717) is 0 Å². The summed E-state index contributed by atoms with van der Waals surface area (Å²) < 4.78 is 6.76. The van der Waals surface area contributed by atoms with Crippen LogP contribution in [0.4, 0.5) is 0 Å². The first-order valence-electron chi connectivity index (χ1n) is 8.10. The normalized spacial score (nSPS) is 18.2. The number of ether oxygens (including phenoxy) is 1. The van der Waals surface area contributed by atoms with Crippen LogP contribution in [0.2, 0.25) is 0 Å². The molecular formula is C20H25BrO. The number of methoxy groups -OCH3 is 1. The summed E-state index contributed by atoms with van der Waals surface area (Å²) in [5.74, 6) is 1.24. The van der Waals surface area contributed by atoms with Crippen molar-refractivity contribution < 1.29 is 4.74 Å². The van der Waals surface area contributed by atoms with Crippen molar-refractivity contribution in [1.29, 1.82) is 0 Å². The highest BCUT2D eigenvalue weighted by Gasteiger charge is 2.20. The molecule has 0 unspecified atom stereocenters. The molecule has 1 aliphatic rings. The van der Waals surface area contributed by atoms with Crippen molar-refractivity contribution in [3.8, 4) is 0 Å². The Morgan fingerprint density at radius 2 is 1.77 bits per heavy atom. The molecule has 1 aliphatic carbocycles. The molecule has 0 bridgehead atoms. The summed E-state index contributed by atoms with van der Waals surface area (Å²) in [4.78, 5) is 0. The Balaban J connectivity index is 2.50. The van der Waals surface area contributed by atoms with Gasteiger partial charge in [-0.25, -0.2) is 0 Å². The van der Waals surface area contributed by atoms with Gasteiger partial charge in [0.25, 0.3) is 0 Å². The average Bonchev–Trinajstić information content (AvgIpc) is 2.68. The molecular weight excluding hydrogens is 336 g/mol. The number of halogens is 1. The van der Waals surface area contributed by atoms with Gasteiger partial charge in [-0.2, -0.15) is 0 Å². The third-order valence-electron chi connectivity index (χ3n) is 3.98. The van der Waals surface area contributed by atoms with Gasteiger partial charge in [0.1, 0.15) is 5.76 Å². The fraction of sp³-hybridized carbons (Fsp3) is 0.400. The first kappa shape index (κ1) is 17.1. The first-order valence-corrected chi connectivity index (χ1v) is 8.90. The molecule has 0 heterocycles. The molecule has 118 valence electrons. The minimum atomic E-state index is 0.274. The maximum atomic E-state index is 5.60. The molecule has 0 saturated carbocycles. The number of rotatable bonds is 6. The van der Waals surface area contributed by atoms with Gasteiger partial charge in [0.2, 0.25) is 0 Å². The van der Waals surface area contributed by atoms with E-state index in [2.05, 4.69) is 72.3 Å². The topological polar surface area (TPSA) is 9.23 Å². The molecule has 0 amide bonds. The number of allylic oxidation sites excluding steroid dienone is 5. The molecule has 0 aliphatic heterocycles. The lowest BCUT2D eigenvalue weighted by Gasteiger charge is -2.19. The summed E-state index contributed by atoms with van der Waals surface area (Å²) in [6.45, 7) is 4.47. The Kier molecular flexibility index (Phi) is 6.50. The predicted molar refractivity (Wildman–Crippen MR) is 98.0 cm³/mol. The molecule has 0 saturated heterocycles. The van der Waals surface area contributed by atoms with Crippen LogP contribution in [0, 0.1) is 0 Å².